The van der Waals surface area contributed by atoms with Crippen LogP contribution >= 0.6 is 0 Å². The highest BCUT2D eigenvalue weighted by molar-refractivity contribution is 5.16. The van der Waals surface area contributed by atoms with Crippen LogP contribution in [0.15, 0.2) is 18.3 Å². The molecule has 0 aliphatic rings. The summed E-state index contributed by atoms with van der Waals surface area (Å²) in [6, 6.07) is 4.86. The van der Waals surface area contributed by atoms with E-state index in [9.17, 15) is 0 Å². The maximum absolute atomic E-state index is 2.70. The Morgan fingerprint density at radius 1 is 0.291 bits per heavy atom. The van der Waals surface area contributed by atoms with Crippen LogP contribution in [0.3, 0.4) is 0 Å². The molecule has 0 bridgehead atoms. The van der Waals surface area contributed by atoms with Crippen LogP contribution in [0, 0.1) is 0 Å². The lowest BCUT2D eigenvalue weighted by Gasteiger charge is -2.11. The first kappa shape index (κ1) is 52.2. The first-order valence-corrected chi connectivity index (χ1v) is 26.3. The summed E-state index contributed by atoms with van der Waals surface area (Å²) < 4.78 is 2.70. The smallest absolute Gasteiger partial charge is 0.184 e. The van der Waals surface area contributed by atoms with E-state index in [1.165, 1.54) is 295 Å². The van der Waals surface area contributed by atoms with Gasteiger partial charge >= 0.3 is 0 Å². The van der Waals surface area contributed by atoms with Gasteiger partial charge in [0.05, 0.1) is 0 Å². The van der Waals surface area contributed by atoms with Gasteiger partial charge in [-0.15, -0.1) is 0 Å². The van der Waals surface area contributed by atoms with Crippen LogP contribution in [-0.2, 0) is 19.4 Å². The first-order valence-electron chi connectivity index (χ1n) is 26.3. The second-order valence-electron chi connectivity index (χ2n) is 18.3. The number of hydrogen-bond donors (Lipinski definition) is 0. The molecule has 0 saturated heterocycles. The second kappa shape index (κ2) is 44.3. The van der Waals surface area contributed by atoms with Crippen LogP contribution in [0.1, 0.15) is 308 Å². The van der Waals surface area contributed by atoms with Gasteiger partial charge in [0.25, 0.3) is 0 Å². The van der Waals surface area contributed by atoms with Gasteiger partial charge in [-0.25, -0.2) is 4.57 Å². The Morgan fingerprint density at radius 3 is 0.855 bits per heavy atom. The Bertz CT molecular complexity index is 859. The molecule has 0 N–H and O–H groups in total. The molecule has 0 saturated carbocycles. The van der Waals surface area contributed by atoms with Crippen molar-refractivity contribution >= 4 is 0 Å². The molecule has 0 unspecified atom stereocenters. The fourth-order valence-corrected chi connectivity index (χ4v) is 9.03. The normalized spacial score (nSPS) is 11.6. The molecule has 1 aromatic heterocycles. The van der Waals surface area contributed by atoms with E-state index in [0.29, 0.717) is 0 Å². The molecule has 1 heteroatoms. The highest BCUT2D eigenvalue weighted by Gasteiger charge is 2.15. The number of unbranched alkanes of at least 4 members (excludes halogenated alkanes) is 40. The van der Waals surface area contributed by atoms with E-state index in [2.05, 4.69) is 43.7 Å². The zero-order valence-corrected chi connectivity index (χ0v) is 38.7. The van der Waals surface area contributed by atoms with E-state index >= 15 is 0 Å². The molecule has 1 heterocycles. The Balaban J connectivity index is 2.32. The van der Waals surface area contributed by atoms with Crippen LogP contribution in [0.25, 0.3) is 0 Å². The summed E-state index contributed by atoms with van der Waals surface area (Å²) in [5.41, 5.74) is 3.37. The third-order valence-corrected chi connectivity index (χ3v) is 12.9. The van der Waals surface area contributed by atoms with Gasteiger partial charge < -0.3 is 0 Å². The summed E-state index contributed by atoms with van der Waals surface area (Å²) >= 11 is 0. The molecule has 0 amide bonds. The number of nitrogens with zero attached hydrogens (tertiary/aromatic N) is 1. The molecule has 0 fully saturated rings. The van der Waals surface area contributed by atoms with Crippen molar-refractivity contribution in [2.75, 3.05) is 0 Å². The van der Waals surface area contributed by atoms with E-state index in [0.717, 1.165) is 0 Å². The summed E-state index contributed by atoms with van der Waals surface area (Å²) in [5, 5.41) is 0. The summed E-state index contributed by atoms with van der Waals surface area (Å²) in [6.07, 6.45) is 67.2. The van der Waals surface area contributed by atoms with Crippen molar-refractivity contribution in [3.05, 3.63) is 29.6 Å². The van der Waals surface area contributed by atoms with Crippen molar-refractivity contribution in [2.45, 2.75) is 316 Å². The Kier molecular flexibility index (Phi) is 42.0. The van der Waals surface area contributed by atoms with Gasteiger partial charge in [0, 0.05) is 24.5 Å². The molecule has 0 spiro atoms. The fourth-order valence-electron chi connectivity index (χ4n) is 9.03. The zero-order valence-electron chi connectivity index (χ0n) is 38.7. The molecular weight excluding hydrogens is 663 g/mol. The average Bonchev–Trinajstić information content (AvgIpc) is 3.20. The van der Waals surface area contributed by atoms with Gasteiger partial charge in [0.2, 0.25) is 0 Å². The number of aryl methyl sites for hydroxylation is 2. The Labute approximate surface area is 349 Å². The molecule has 0 aliphatic carbocycles. The molecule has 1 rings (SSSR count). The average molecular weight is 767 g/mol. The largest absolute Gasteiger partial charge is 0.202 e. The number of aromatic nitrogens is 1. The molecular formula is C54H104N+. The molecule has 0 aromatic carbocycles. The first-order chi connectivity index (χ1) is 27.3. The van der Waals surface area contributed by atoms with E-state index in [1.807, 2.05) is 0 Å². The lowest BCUT2D eigenvalue weighted by Crippen LogP contribution is -2.39. The standard InChI is InChI=1S/C54H104N/c1-4-7-10-13-16-19-22-25-27-29-32-35-38-41-44-48-53-49-47-52-55(51-46-43-40-37-34-31-24-21-18-15-12-9-6-3)54(53)50-45-42-39-36-33-30-28-26-23-20-17-14-11-8-5-2/h47,49,52H,4-46,48,50-51H2,1-3H3/q+1. The predicted octanol–water partition coefficient (Wildman–Crippen LogP) is 18.9. The molecule has 0 atom stereocenters. The Morgan fingerprint density at radius 2 is 0.545 bits per heavy atom. The van der Waals surface area contributed by atoms with Crippen LogP contribution < -0.4 is 4.57 Å². The highest BCUT2D eigenvalue weighted by Crippen LogP contribution is 2.19. The quantitative estimate of drug-likeness (QED) is 0.0460. The van der Waals surface area contributed by atoms with Gasteiger partial charge in [-0.1, -0.05) is 271 Å². The van der Waals surface area contributed by atoms with Gasteiger partial charge in [-0.05, 0) is 31.7 Å². The predicted molar refractivity (Wildman–Crippen MR) is 250 cm³/mol. The molecule has 1 nitrogen and oxygen atoms in total. The minimum absolute atomic E-state index is 1.23. The molecule has 324 valence electrons. The van der Waals surface area contributed by atoms with E-state index in [4.69, 9.17) is 0 Å². The van der Waals surface area contributed by atoms with Crippen LogP contribution in [0.2, 0.25) is 0 Å². The summed E-state index contributed by atoms with van der Waals surface area (Å²) in [4.78, 5) is 0. The van der Waals surface area contributed by atoms with Gasteiger partial charge in [-0.3, -0.25) is 0 Å². The minimum atomic E-state index is 1.23. The van der Waals surface area contributed by atoms with Gasteiger partial charge in [0.15, 0.2) is 11.9 Å². The molecule has 55 heavy (non-hydrogen) atoms. The number of hydrogen-bond acceptors (Lipinski definition) is 0. The third kappa shape index (κ3) is 36.0. The Hall–Kier alpha value is -0.850. The summed E-state index contributed by atoms with van der Waals surface area (Å²) in [7, 11) is 0. The van der Waals surface area contributed by atoms with Crippen molar-refractivity contribution < 1.29 is 4.57 Å². The van der Waals surface area contributed by atoms with Crippen LogP contribution in [-0.4, -0.2) is 0 Å². The fraction of sp³-hybridized carbons (Fsp3) is 0.907. The highest BCUT2D eigenvalue weighted by atomic mass is 15.0. The molecule has 0 aliphatic heterocycles. The van der Waals surface area contributed by atoms with Crippen LogP contribution in [0.4, 0.5) is 0 Å². The van der Waals surface area contributed by atoms with Crippen LogP contribution in [0.5, 0.6) is 0 Å². The van der Waals surface area contributed by atoms with Crippen molar-refractivity contribution in [3.8, 4) is 0 Å². The summed E-state index contributed by atoms with van der Waals surface area (Å²) in [6.45, 7) is 8.19. The van der Waals surface area contributed by atoms with Gasteiger partial charge in [-0.2, -0.15) is 0 Å². The maximum atomic E-state index is 2.70. The van der Waals surface area contributed by atoms with E-state index in [-0.39, 0.29) is 0 Å². The molecule has 1 aromatic rings. The zero-order chi connectivity index (χ0) is 39.4. The topological polar surface area (TPSA) is 3.88 Å². The lowest BCUT2D eigenvalue weighted by molar-refractivity contribution is -0.705. The third-order valence-electron chi connectivity index (χ3n) is 12.9. The number of rotatable bonds is 46. The molecule has 0 radical (unpaired) electrons. The van der Waals surface area contributed by atoms with Crippen molar-refractivity contribution in [3.63, 3.8) is 0 Å². The van der Waals surface area contributed by atoms with E-state index < -0.39 is 0 Å². The van der Waals surface area contributed by atoms with Crippen molar-refractivity contribution in [1.29, 1.82) is 0 Å². The summed E-state index contributed by atoms with van der Waals surface area (Å²) in [5.74, 6) is 0. The van der Waals surface area contributed by atoms with Gasteiger partial charge in [0.1, 0.15) is 6.54 Å². The number of pyridine rings is 1. The monoisotopic (exact) mass is 767 g/mol. The van der Waals surface area contributed by atoms with E-state index in [1.54, 1.807) is 11.3 Å². The lowest BCUT2D eigenvalue weighted by atomic mass is 9.99. The SMILES string of the molecule is CCCCCCCCCCCCCCCCCc1ccc[n+](CCCCCCCCCCCCCCC)c1CCCCCCCCCCCCCCCCC. The van der Waals surface area contributed by atoms with Crippen molar-refractivity contribution in [1.82, 2.24) is 0 Å². The maximum Gasteiger partial charge on any atom is 0.184 e. The minimum Gasteiger partial charge on any atom is -0.202 e. The van der Waals surface area contributed by atoms with Crippen molar-refractivity contribution in [2.24, 2.45) is 0 Å². The second-order valence-corrected chi connectivity index (χ2v) is 18.3.